The van der Waals surface area contributed by atoms with E-state index in [1.807, 2.05) is 10.7 Å². The first kappa shape index (κ1) is 25.6. The van der Waals surface area contributed by atoms with Crippen LogP contribution in [-0.2, 0) is 13.1 Å². The minimum Gasteiger partial charge on any atom is -0.347 e. The SMILES string of the molecule is CC1CCCCN1Cc1ccccc1CNC(=O)c1cn(C2CCNCC2)nn1.Cl.Cl. The molecule has 4 rings (SSSR count). The number of hydrogen-bond acceptors (Lipinski definition) is 5. The lowest BCUT2D eigenvalue weighted by Crippen LogP contribution is -2.37. The molecule has 2 aliphatic rings. The molecule has 172 valence electrons. The standard InChI is InChI=1S/C22H32N6O.2ClH/c1-17-6-4-5-13-27(17)15-19-8-3-2-7-18(19)14-24-22(29)21-16-28(26-25-21)20-9-11-23-12-10-20;;/h2-3,7-8,16-17,20,23H,4-6,9-15H2,1H3,(H,24,29);2*1H. The number of amides is 1. The summed E-state index contributed by atoms with van der Waals surface area (Å²) in [6.07, 6.45) is 7.70. The van der Waals surface area contributed by atoms with Gasteiger partial charge in [0.1, 0.15) is 0 Å². The Morgan fingerprint density at radius 3 is 2.61 bits per heavy atom. The van der Waals surface area contributed by atoms with Crippen molar-refractivity contribution < 1.29 is 4.79 Å². The van der Waals surface area contributed by atoms with E-state index in [9.17, 15) is 4.79 Å². The molecule has 0 saturated carbocycles. The van der Waals surface area contributed by atoms with E-state index in [4.69, 9.17) is 0 Å². The number of halogens is 2. The molecule has 1 unspecified atom stereocenters. The van der Waals surface area contributed by atoms with Crippen molar-refractivity contribution in [2.24, 2.45) is 0 Å². The van der Waals surface area contributed by atoms with Gasteiger partial charge in [-0.25, -0.2) is 4.68 Å². The zero-order valence-electron chi connectivity index (χ0n) is 18.1. The largest absolute Gasteiger partial charge is 0.347 e. The molecule has 7 nitrogen and oxygen atoms in total. The second-order valence-electron chi connectivity index (χ2n) is 8.33. The van der Waals surface area contributed by atoms with Gasteiger partial charge < -0.3 is 10.6 Å². The molecule has 1 atom stereocenters. The summed E-state index contributed by atoms with van der Waals surface area (Å²) >= 11 is 0. The average molecular weight is 469 g/mol. The van der Waals surface area contributed by atoms with Crippen LogP contribution in [0.5, 0.6) is 0 Å². The summed E-state index contributed by atoms with van der Waals surface area (Å²) < 4.78 is 1.85. The van der Waals surface area contributed by atoms with Crippen LogP contribution in [0.4, 0.5) is 0 Å². The summed E-state index contributed by atoms with van der Waals surface area (Å²) in [5.74, 6) is -0.161. The van der Waals surface area contributed by atoms with Crippen molar-refractivity contribution in [3.05, 3.63) is 47.3 Å². The van der Waals surface area contributed by atoms with E-state index in [1.165, 1.54) is 30.4 Å². The number of carbonyl (C=O) groups excluding carboxylic acids is 1. The van der Waals surface area contributed by atoms with Crippen LogP contribution in [-0.4, -0.2) is 51.5 Å². The van der Waals surface area contributed by atoms with Crippen molar-refractivity contribution in [2.75, 3.05) is 19.6 Å². The first-order valence-electron chi connectivity index (χ1n) is 10.9. The summed E-state index contributed by atoms with van der Waals surface area (Å²) in [5, 5.41) is 14.7. The van der Waals surface area contributed by atoms with Crippen LogP contribution in [0.15, 0.2) is 30.5 Å². The zero-order valence-corrected chi connectivity index (χ0v) is 19.8. The molecule has 2 saturated heterocycles. The summed E-state index contributed by atoms with van der Waals surface area (Å²) in [7, 11) is 0. The fraction of sp³-hybridized carbons (Fsp3) is 0.591. The van der Waals surface area contributed by atoms with Crippen LogP contribution in [0.1, 0.15) is 66.7 Å². The molecule has 2 aromatic rings. The van der Waals surface area contributed by atoms with Crippen LogP contribution >= 0.6 is 24.8 Å². The first-order chi connectivity index (χ1) is 14.2. The molecule has 1 aromatic heterocycles. The average Bonchev–Trinajstić information content (AvgIpc) is 3.26. The third-order valence-electron chi connectivity index (χ3n) is 6.30. The normalized spacial score (nSPS) is 19.8. The van der Waals surface area contributed by atoms with Crippen LogP contribution in [0.3, 0.4) is 0 Å². The van der Waals surface area contributed by atoms with Gasteiger partial charge in [-0.1, -0.05) is 35.9 Å². The van der Waals surface area contributed by atoms with Crippen molar-refractivity contribution in [2.45, 2.75) is 64.2 Å². The smallest absolute Gasteiger partial charge is 0.273 e. The lowest BCUT2D eigenvalue weighted by atomic mass is 10.0. The highest BCUT2D eigenvalue weighted by Crippen LogP contribution is 2.21. The van der Waals surface area contributed by atoms with Crippen molar-refractivity contribution >= 4 is 30.7 Å². The molecular weight excluding hydrogens is 435 g/mol. The predicted molar refractivity (Wildman–Crippen MR) is 127 cm³/mol. The number of rotatable bonds is 6. The van der Waals surface area contributed by atoms with Crippen molar-refractivity contribution in [3.8, 4) is 0 Å². The van der Waals surface area contributed by atoms with Gasteiger partial charge in [-0.2, -0.15) is 0 Å². The Morgan fingerprint density at radius 1 is 1.13 bits per heavy atom. The lowest BCUT2D eigenvalue weighted by Gasteiger charge is -2.33. The van der Waals surface area contributed by atoms with Gasteiger partial charge in [0.15, 0.2) is 5.69 Å². The van der Waals surface area contributed by atoms with Gasteiger partial charge in [0.25, 0.3) is 5.91 Å². The third kappa shape index (κ3) is 6.65. The first-order valence-corrected chi connectivity index (χ1v) is 10.9. The Hall–Kier alpha value is -1.67. The van der Waals surface area contributed by atoms with Crippen LogP contribution in [0.25, 0.3) is 0 Å². The van der Waals surface area contributed by atoms with E-state index in [1.54, 1.807) is 6.20 Å². The number of nitrogens with zero attached hydrogens (tertiary/aromatic N) is 4. The van der Waals surface area contributed by atoms with E-state index >= 15 is 0 Å². The summed E-state index contributed by atoms with van der Waals surface area (Å²) in [6.45, 7) is 6.89. The highest BCUT2D eigenvalue weighted by Gasteiger charge is 2.20. The highest BCUT2D eigenvalue weighted by molar-refractivity contribution is 5.91. The molecule has 9 heteroatoms. The minimum atomic E-state index is -0.161. The molecular formula is C22H34Cl2N6O. The molecule has 0 radical (unpaired) electrons. The van der Waals surface area contributed by atoms with Crippen molar-refractivity contribution in [1.82, 2.24) is 30.5 Å². The lowest BCUT2D eigenvalue weighted by molar-refractivity contribution is 0.0945. The van der Waals surface area contributed by atoms with Gasteiger partial charge in [0.05, 0.1) is 12.2 Å². The molecule has 2 N–H and O–H groups in total. The number of carbonyl (C=O) groups is 1. The summed E-state index contributed by atoms with van der Waals surface area (Å²) in [4.78, 5) is 15.2. The number of nitrogens with one attached hydrogen (secondary N) is 2. The number of hydrogen-bond donors (Lipinski definition) is 2. The maximum Gasteiger partial charge on any atom is 0.273 e. The highest BCUT2D eigenvalue weighted by atomic mass is 35.5. The molecule has 1 aromatic carbocycles. The zero-order chi connectivity index (χ0) is 20.1. The van der Waals surface area contributed by atoms with E-state index < -0.39 is 0 Å². The van der Waals surface area contributed by atoms with E-state index in [-0.39, 0.29) is 30.7 Å². The van der Waals surface area contributed by atoms with Gasteiger partial charge in [-0.05, 0) is 63.4 Å². The molecule has 0 bridgehead atoms. The Bertz CT molecular complexity index is 824. The van der Waals surface area contributed by atoms with Crippen molar-refractivity contribution in [1.29, 1.82) is 0 Å². The summed E-state index contributed by atoms with van der Waals surface area (Å²) in [5.41, 5.74) is 2.86. The van der Waals surface area contributed by atoms with Crippen LogP contribution in [0.2, 0.25) is 0 Å². The minimum absolute atomic E-state index is 0. The Balaban J connectivity index is 0.00000171. The molecule has 0 spiro atoms. The Kier molecular flexibility index (Phi) is 10.2. The van der Waals surface area contributed by atoms with Gasteiger partial charge in [-0.3, -0.25) is 9.69 Å². The van der Waals surface area contributed by atoms with E-state index in [0.29, 0.717) is 24.3 Å². The monoisotopic (exact) mass is 468 g/mol. The molecule has 1 amide bonds. The molecule has 2 aliphatic heterocycles. The van der Waals surface area contributed by atoms with E-state index in [0.717, 1.165) is 39.0 Å². The number of likely N-dealkylation sites (tertiary alicyclic amines) is 1. The fourth-order valence-corrected chi connectivity index (χ4v) is 4.39. The predicted octanol–water partition coefficient (Wildman–Crippen LogP) is 3.35. The van der Waals surface area contributed by atoms with Crippen molar-refractivity contribution in [3.63, 3.8) is 0 Å². The number of aromatic nitrogens is 3. The maximum absolute atomic E-state index is 12.6. The fourth-order valence-electron chi connectivity index (χ4n) is 4.39. The number of piperidine rings is 2. The van der Waals surface area contributed by atoms with E-state index in [2.05, 4.69) is 51.0 Å². The Morgan fingerprint density at radius 2 is 1.87 bits per heavy atom. The van der Waals surface area contributed by atoms with Gasteiger partial charge >= 0.3 is 0 Å². The molecule has 3 heterocycles. The second-order valence-corrected chi connectivity index (χ2v) is 8.33. The van der Waals surface area contributed by atoms with Gasteiger partial charge in [0, 0.05) is 19.1 Å². The molecule has 0 aliphatic carbocycles. The molecule has 31 heavy (non-hydrogen) atoms. The Labute approximate surface area is 197 Å². The van der Waals surface area contributed by atoms with Gasteiger partial charge in [0.2, 0.25) is 0 Å². The van der Waals surface area contributed by atoms with Crippen LogP contribution < -0.4 is 10.6 Å². The molecule has 2 fully saturated rings. The topological polar surface area (TPSA) is 75.1 Å². The number of benzene rings is 1. The second kappa shape index (κ2) is 12.4. The summed E-state index contributed by atoms with van der Waals surface area (Å²) in [6, 6.07) is 9.36. The maximum atomic E-state index is 12.6. The quantitative estimate of drug-likeness (QED) is 0.679. The van der Waals surface area contributed by atoms with Gasteiger partial charge in [-0.15, -0.1) is 29.9 Å². The third-order valence-corrected chi connectivity index (χ3v) is 6.30. The van der Waals surface area contributed by atoms with Crippen LogP contribution in [0, 0.1) is 0 Å².